The van der Waals surface area contributed by atoms with Gasteiger partial charge in [0.05, 0.1) is 19.3 Å². The summed E-state index contributed by atoms with van der Waals surface area (Å²) in [6.07, 6.45) is 2.14. The predicted molar refractivity (Wildman–Crippen MR) is 106 cm³/mol. The van der Waals surface area contributed by atoms with Gasteiger partial charge in [-0.3, -0.25) is 0 Å². The molecule has 1 fully saturated rings. The van der Waals surface area contributed by atoms with Crippen LogP contribution < -0.4 is 10.6 Å². The first kappa shape index (κ1) is 20.0. The van der Waals surface area contributed by atoms with Crippen molar-refractivity contribution in [1.82, 2.24) is 9.88 Å². The lowest BCUT2D eigenvalue weighted by Crippen LogP contribution is -2.41. The van der Waals surface area contributed by atoms with E-state index in [0.29, 0.717) is 12.5 Å². The van der Waals surface area contributed by atoms with Crippen molar-refractivity contribution in [1.29, 1.82) is 0 Å². The van der Waals surface area contributed by atoms with E-state index in [1.807, 2.05) is 11.1 Å². The van der Waals surface area contributed by atoms with Gasteiger partial charge in [0.2, 0.25) is 0 Å². The normalized spacial score (nSPS) is 18.5. The second-order valence-corrected chi connectivity index (χ2v) is 5.50. The van der Waals surface area contributed by atoms with Crippen LogP contribution in [0, 0.1) is 0 Å². The van der Waals surface area contributed by atoms with Crippen LogP contribution in [0.5, 0.6) is 0 Å². The summed E-state index contributed by atoms with van der Waals surface area (Å²) < 4.78 is 5.56. The second kappa shape index (κ2) is 9.92. The van der Waals surface area contributed by atoms with Crippen LogP contribution in [0.2, 0.25) is 0 Å². The summed E-state index contributed by atoms with van der Waals surface area (Å²) in [5.41, 5.74) is 7.05. The predicted octanol–water partition coefficient (Wildman–Crippen LogP) is 2.08. The topological polar surface area (TPSA) is 67.0 Å². The summed E-state index contributed by atoms with van der Waals surface area (Å²) in [4.78, 5) is 13.3. The average Bonchev–Trinajstić information content (AvgIpc) is 2.54. The third-order valence-electron chi connectivity index (χ3n) is 3.89. The van der Waals surface area contributed by atoms with Crippen molar-refractivity contribution in [2.45, 2.75) is 33.4 Å². The molecule has 130 valence electrons. The number of rotatable bonds is 5. The number of nitrogens with zero attached hydrogens (tertiary/aromatic N) is 4. The van der Waals surface area contributed by atoms with Crippen LogP contribution in [0.4, 0.5) is 5.82 Å². The fourth-order valence-corrected chi connectivity index (χ4v) is 2.54. The molecule has 1 aromatic rings. The maximum atomic E-state index is 5.98. The number of aliphatic imine (C=N–C) groups is 1. The molecule has 2 heterocycles. The summed E-state index contributed by atoms with van der Waals surface area (Å²) in [7, 11) is 0. The molecule has 1 aliphatic rings. The number of morpholine rings is 1. The number of aromatic nitrogens is 1. The monoisotopic (exact) mass is 433 g/mol. The molecule has 1 aliphatic heterocycles. The van der Waals surface area contributed by atoms with Crippen molar-refractivity contribution < 1.29 is 4.74 Å². The van der Waals surface area contributed by atoms with Crippen LogP contribution in [-0.2, 0) is 11.3 Å². The zero-order chi connectivity index (χ0) is 15.9. The van der Waals surface area contributed by atoms with Crippen LogP contribution >= 0.6 is 24.0 Å². The number of anilines is 1. The van der Waals surface area contributed by atoms with E-state index < -0.39 is 0 Å². The van der Waals surface area contributed by atoms with Crippen LogP contribution in [0.25, 0.3) is 0 Å². The molecule has 7 heteroatoms. The van der Waals surface area contributed by atoms with Crippen LogP contribution in [-0.4, -0.2) is 54.7 Å². The Morgan fingerprint density at radius 3 is 2.74 bits per heavy atom. The Balaban J connectivity index is 0.00000264. The number of guanidine groups is 1. The molecule has 0 amide bonds. The zero-order valence-electron chi connectivity index (χ0n) is 14.2. The summed E-state index contributed by atoms with van der Waals surface area (Å²) in [6.45, 7) is 11.1. The fraction of sp³-hybridized carbons (Fsp3) is 0.625. The first-order valence-electron chi connectivity index (χ1n) is 8.00. The summed E-state index contributed by atoms with van der Waals surface area (Å²) in [5.74, 6) is 1.59. The van der Waals surface area contributed by atoms with E-state index in [1.165, 1.54) is 0 Å². The Morgan fingerprint density at radius 2 is 2.17 bits per heavy atom. The third kappa shape index (κ3) is 5.80. The highest BCUT2D eigenvalue weighted by molar-refractivity contribution is 14.0. The van der Waals surface area contributed by atoms with Crippen molar-refractivity contribution in [3.05, 3.63) is 23.9 Å². The lowest BCUT2D eigenvalue weighted by atomic mass is 10.2. The van der Waals surface area contributed by atoms with Crippen molar-refractivity contribution >= 4 is 35.8 Å². The van der Waals surface area contributed by atoms with Gasteiger partial charge >= 0.3 is 0 Å². The minimum absolute atomic E-state index is 0. The third-order valence-corrected chi connectivity index (χ3v) is 3.89. The van der Waals surface area contributed by atoms with Gasteiger partial charge < -0.3 is 20.3 Å². The molecule has 1 atom stereocenters. The minimum Gasteiger partial charge on any atom is -0.375 e. The maximum absolute atomic E-state index is 5.98. The van der Waals surface area contributed by atoms with Gasteiger partial charge in [0.1, 0.15) is 5.82 Å². The molecule has 0 radical (unpaired) electrons. The van der Waals surface area contributed by atoms with Gasteiger partial charge in [0.15, 0.2) is 5.96 Å². The summed E-state index contributed by atoms with van der Waals surface area (Å²) in [6, 6.07) is 4.12. The van der Waals surface area contributed by atoms with E-state index in [1.54, 1.807) is 0 Å². The van der Waals surface area contributed by atoms with Crippen molar-refractivity contribution in [3.63, 3.8) is 0 Å². The van der Waals surface area contributed by atoms with Crippen molar-refractivity contribution in [3.8, 4) is 0 Å². The van der Waals surface area contributed by atoms with E-state index >= 15 is 0 Å². The highest BCUT2D eigenvalue weighted by Gasteiger charge is 2.17. The standard InChI is InChI=1S/C16H27N5O.HI/c1-4-20(5-2)16(17)19-11-14-6-7-15(18-10-14)21-8-9-22-13(3)12-21;/h6-7,10,13H,4-5,8-9,11-12H2,1-3H3,(H2,17,19);1H. The number of hydrogen-bond donors (Lipinski definition) is 1. The quantitative estimate of drug-likeness (QED) is 0.438. The molecular formula is C16H28IN5O. The Kier molecular flexibility index (Phi) is 8.60. The molecule has 0 saturated carbocycles. The Labute approximate surface area is 156 Å². The molecule has 1 aromatic heterocycles. The summed E-state index contributed by atoms with van der Waals surface area (Å²) >= 11 is 0. The van der Waals surface area contributed by atoms with E-state index in [2.05, 4.69) is 47.8 Å². The van der Waals surface area contributed by atoms with E-state index in [-0.39, 0.29) is 30.1 Å². The van der Waals surface area contributed by atoms with Gasteiger partial charge in [-0.1, -0.05) is 6.07 Å². The Morgan fingerprint density at radius 1 is 1.43 bits per heavy atom. The Bertz CT molecular complexity index is 490. The molecule has 2 rings (SSSR count). The maximum Gasteiger partial charge on any atom is 0.191 e. The van der Waals surface area contributed by atoms with Crippen molar-refractivity contribution in [2.24, 2.45) is 10.7 Å². The number of hydrogen-bond acceptors (Lipinski definition) is 4. The minimum atomic E-state index is 0. The van der Waals surface area contributed by atoms with E-state index in [4.69, 9.17) is 10.5 Å². The average molecular weight is 433 g/mol. The molecule has 0 aromatic carbocycles. The molecule has 2 N–H and O–H groups in total. The van der Waals surface area contributed by atoms with Gasteiger partial charge in [-0.2, -0.15) is 0 Å². The van der Waals surface area contributed by atoms with Gasteiger partial charge in [-0.15, -0.1) is 24.0 Å². The van der Waals surface area contributed by atoms with E-state index in [0.717, 1.165) is 44.2 Å². The SMILES string of the molecule is CCN(CC)C(N)=NCc1ccc(N2CCOC(C)C2)nc1.I. The smallest absolute Gasteiger partial charge is 0.191 e. The van der Waals surface area contributed by atoms with Crippen LogP contribution in [0.1, 0.15) is 26.3 Å². The molecule has 0 spiro atoms. The lowest BCUT2D eigenvalue weighted by Gasteiger charge is -2.32. The molecule has 1 unspecified atom stereocenters. The van der Waals surface area contributed by atoms with Gasteiger partial charge in [-0.05, 0) is 32.4 Å². The van der Waals surface area contributed by atoms with Gasteiger partial charge in [0.25, 0.3) is 0 Å². The molecule has 0 aliphatic carbocycles. The number of nitrogens with two attached hydrogens (primary N) is 1. The van der Waals surface area contributed by atoms with Gasteiger partial charge in [-0.25, -0.2) is 9.98 Å². The van der Waals surface area contributed by atoms with Crippen molar-refractivity contribution in [2.75, 3.05) is 37.7 Å². The molecule has 23 heavy (non-hydrogen) atoms. The highest BCUT2D eigenvalue weighted by atomic mass is 127. The number of ether oxygens (including phenoxy) is 1. The zero-order valence-corrected chi connectivity index (χ0v) is 16.6. The fourth-order valence-electron chi connectivity index (χ4n) is 2.54. The van der Waals surface area contributed by atoms with Gasteiger partial charge in [0, 0.05) is 32.4 Å². The summed E-state index contributed by atoms with van der Waals surface area (Å²) in [5, 5.41) is 0. The second-order valence-electron chi connectivity index (χ2n) is 5.50. The number of halogens is 1. The van der Waals surface area contributed by atoms with Crippen LogP contribution in [0.15, 0.2) is 23.3 Å². The van der Waals surface area contributed by atoms with Crippen LogP contribution in [0.3, 0.4) is 0 Å². The number of pyridine rings is 1. The highest BCUT2D eigenvalue weighted by Crippen LogP contribution is 2.15. The first-order chi connectivity index (χ1) is 10.6. The molecular weight excluding hydrogens is 405 g/mol. The Hall–Kier alpha value is -1.09. The molecule has 0 bridgehead atoms. The molecule has 1 saturated heterocycles. The molecule has 6 nitrogen and oxygen atoms in total. The van der Waals surface area contributed by atoms with E-state index in [9.17, 15) is 0 Å². The lowest BCUT2D eigenvalue weighted by molar-refractivity contribution is 0.0529. The first-order valence-corrected chi connectivity index (χ1v) is 8.00. The largest absolute Gasteiger partial charge is 0.375 e.